The number of halogens is 1. The third-order valence-electron chi connectivity index (χ3n) is 5.36. The van der Waals surface area contributed by atoms with E-state index in [1.54, 1.807) is 16.4 Å². The topological polar surface area (TPSA) is 66.4 Å². The second kappa shape index (κ2) is 9.39. The molecular formula is C22H31FN4O2S. The molecule has 1 aliphatic rings. The van der Waals surface area contributed by atoms with Crippen molar-refractivity contribution in [3.8, 4) is 0 Å². The van der Waals surface area contributed by atoms with Crippen LogP contribution in [-0.4, -0.2) is 54.6 Å². The van der Waals surface area contributed by atoms with Crippen LogP contribution in [0.1, 0.15) is 55.8 Å². The Morgan fingerprint density at radius 3 is 2.27 bits per heavy atom. The number of sulfonamides is 1. The van der Waals surface area contributed by atoms with Gasteiger partial charge >= 0.3 is 0 Å². The molecule has 1 aliphatic heterocycles. The smallest absolute Gasteiger partial charge is 0.214 e. The van der Waals surface area contributed by atoms with Gasteiger partial charge in [0.2, 0.25) is 10.0 Å². The average molecular weight is 435 g/mol. The molecule has 3 rings (SSSR count). The van der Waals surface area contributed by atoms with E-state index < -0.39 is 10.0 Å². The van der Waals surface area contributed by atoms with Crippen molar-refractivity contribution >= 4 is 15.8 Å². The van der Waals surface area contributed by atoms with E-state index in [1.165, 1.54) is 12.1 Å². The number of rotatable bonds is 7. The van der Waals surface area contributed by atoms with Gasteiger partial charge in [0.05, 0.1) is 11.4 Å². The Morgan fingerprint density at radius 1 is 1.07 bits per heavy atom. The van der Waals surface area contributed by atoms with Crippen molar-refractivity contribution in [3.63, 3.8) is 0 Å². The van der Waals surface area contributed by atoms with E-state index in [0.29, 0.717) is 44.8 Å². The van der Waals surface area contributed by atoms with Crippen molar-refractivity contribution in [2.24, 2.45) is 0 Å². The first-order valence-electron chi connectivity index (χ1n) is 10.6. The minimum absolute atomic E-state index is 0.187. The Bertz CT molecular complexity index is 969. The number of piperazine rings is 1. The maximum Gasteiger partial charge on any atom is 0.214 e. The summed E-state index contributed by atoms with van der Waals surface area (Å²) in [6.07, 6.45) is 1.23. The molecule has 0 bridgehead atoms. The molecule has 2 heterocycles. The molecule has 1 aromatic carbocycles. The van der Waals surface area contributed by atoms with Gasteiger partial charge in [0.1, 0.15) is 17.5 Å². The quantitative estimate of drug-likeness (QED) is 0.667. The van der Waals surface area contributed by atoms with Gasteiger partial charge < -0.3 is 4.90 Å². The summed E-state index contributed by atoms with van der Waals surface area (Å²) in [6.45, 7) is 10.1. The zero-order chi connectivity index (χ0) is 21.9. The lowest BCUT2D eigenvalue weighted by atomic mass is 9.97. The highest BCUT2D eigenvalue weighted by Gasteiger charge is 2.29. The molecule has 2 aromatic rings. The Labute approximate surface area is 179 Å². The maximum atomic E-state index is 13.4. The summed E-state index contributed by atoms with van der Waals surface area (Å²) in [5, 5.41) is 0. The van der Waals surface area contributed by atoms with Gasteiger partial charge in [0, 0.05) is 38.2 Å². The number of nitrogens with zero attached hydrogens (tertiary/aromatic N) is 4. The van der Waals surface area contributed by atoms with Crippen LogP contribution in [0.2, 0.25) is 0 Å². The standard InChI is InChI=1S/C22H31FN4O2S/c1-5-14-30(28,29)27-12-10-26(11-13-27)22-20(15-18-6-8-19(23)9-7-18)21(16(2)3)24-17(4)25-22/h6-9,16H,5,10-15H2,1-4H3. The van der Waals surface area contributed by atoms with E-state index in [2.05, 4.69) is 18.7 Å². The second-order valence-electron chi connectivity index (χ2n) is 8.12. The lowest BCUT2D eigenvalue weighted by Gasteiger charge is -2.36. The zero-order valence-corrected chi connectivity index (χ0v) is 19.0. The minimum Gasteiger partial charge on any atom is -0.354 e. The van der Waals surface area contributed by atoms with Gasteiger partial charge in [-0.1, -0.05) is 32.9 Å². The lowest BCUT2D eigenvalue weighted by molar-refractivity contribution is 0.383. The number of aryl methyl sites for hydroxylation is 1. The molecule has 0 N–H and O–H groups in total. The van der Waals surface area contributed by atoms with E-state index in [1.807, 2.05) is 13.8 Å². The van der Waals surface area contributed by atoms with Crippen LogP contribution in [0.5, 0.6) is 0 Å². The summed E-state index contributed by atoms with van der Waals surface area (Å²) in [5.41, 5.74) is 3.02. The van der Waals surface area contributed by atoms with Crippen LogP contribution in [0.3, 0.4) is 0 Å². The van der Waals surface area contributed by atoms with Crippen molar-refractivity contribution in [3.05, 3.63) is 52.7 Å². The first-order valence-corrected chi connectivity index (χ1v) is 12.2. The van der Waals surface area contributed by atoms with E-state index in [0.717, 1.165) is 22.6 Å². The van der Waals surface area contributed by atoms with Crippen molar-refractivity contribution in [2.75, 3.05) is 36.8 Å². The van der Waals surface area contributed by atoms with Gasteiger partial charge in [-0.05, 0) is 37.0 Å². The van der Waals surface area contributed by atoms with Gasteiger partial charge in [-0.15, -0.1) is 0 Å². The summed E-state index contributed by atoms with van der Waals surface area (Å²) in [5.74, 6) is 1.72. The van der Waals surface area contributed by atoms with E-state index in [4.69, 9.17) is 9.97 Å². The number of aromatic nitrogens is 2. The number of hydrogen-bond donors (Lipinski definition) is 0. The molecule has 1 saturated heterocycles. The third-order valence-corrected chi connectivity index (χ3v) is 7.44. The number of benzene rings is 1. The molecule has 0 aliphatic carbocycles. The summed E-state index contributed by atoms with van der Waals surface area (Å²) in [7, 11) is -3.19. The van der Waals surface area contributed by atoms with Crippen LogP contribution in [0.4, 0.5) is 10.2 Å². The first kappa shape index (κ1) is 22.6. The Kier molecular flexibility index (Phi) is 7.08. The largest absolute Gasteiger partial charge is 0.354 e. The Morgan fingerprint density at radius 2 is 1.70 bits per heavy atom. The molecule has 6 nitrogen and oxygen atoms in total. The molecule has 0 amide bonds. The monoisotopic (exact) mass is 434 g/mol. The van der Waals surface area contributed by atoms with Crippen molar-refractivity contribution in [1.82, 2.24) is 14.3 Å². The fourth-order valence-corrected chi connectivity index (χ4v) is 5.38. The van der Waals surface area contributed by atoms with E-state index >= 15 is 0 Å². The Hall–Kier alpha value is -2.06. The predicted molar refractivity (Wildman–Crippen MR) is 118 cm³/mol. The Balaban J connectivity index is 1.91. The normalized spacial score (nSPS) is 15.7. The molecule has 0 unspecified atom stereocenters. The fourth-order valence-electron chi connectivity index (χ4n) is 3.88. The van der Waals surface area contributed by atoms with E-state index in [-0.39, 0.29) is 17.5 Å². The first-order chi connectivity index (χ1) is 14.2. The van der Waals surface area contributed by atoms with Crippen molar-refractivity contribution < 1.29 is 12.8 Å². The summed E-state index contributed by atoms with van der Waals surface area (Å²) in [6, 6.07) is 6.52. The molecule has 8 heteroatoms. The van der Waals surface area contributed by atoms with Gasteiger partial charge in [-0.3, -0.25) is 0 Å². The highest BCUT2D eigenvalue weighted by molar-refractivity contribution is 7.89. The summed E-state index contributed by atoms with van der Waals surface area (Å²) in [4.78, 5) is 11.6. The average Bonchev–Trinajstić information content (AvgIpc) is 2.70. The summed E-state index contributed by atoms with van der Waals surface area (Å²) < 4.78 is 39.8. The second-order valence-corrected chi connectivity index (χ2v) is 10.2. The van der Waals surface area contributed by atoms with Crippen LogP contribution in [0.15, 0.2) is 24.3 Å². The molecule has 0 radical (unpaired) electrons. The highest BCUT2D eigenvalue weighted by Crippen LogP contribution is 2.29. The van der Waals surface area contributed by atoms with E-state index in [9.17, 15) is 12.8 Å². The minimum atomic E-state index is -3.19. The predicted octanol–water partition coefficient (Wildman–Crippen LogP) is 3.50. The zero-order valence-electron chi connectivity index (χ0n) is 18.2. The SMILES string of the molecule is CCCS(=O)(=O)N1CCN(c2nc(C)nc(C(C)C)c2Cc2ccc(F)cc2)CC1. The highest BCUT2D eigenvalue weighted by atomic mass is 32.2. The number of hydrogen-bond acceptors (Lipinski definition) is 5. The van der Waals surface area contributed by atoms with Gasteiger partial charge in [-0.25, -0.2) is 22.8 Å². The van der Waals surface area contributed by atoms with Crippen molar-refractivity contribution in [2.45, 2.75) is 46.5 Å². The van der Waals surface area contributed by atoms with Crippen molar-refractivity contribution in [1.29, 1.82) is 0 Å². The molecule has 1 fully saturated rings. The van der Waals surface area contributed by atoms with Gasteiger partial charge in [-0.2, -0.15) is 4.31 Å². The fraction of sp³-hybridized carbons (Fsp3) is 0.545. The van der Waals surface area contributed by atoms with Crippen LogP contribution < -0.4 is 4.90 Å². The van der Waals surface area contributed by atoms with Crippen LogP contribution in [0.25, 0.3) is 0 Å². The van der Waals surface area contributed by atoms with Crippen LogP contribution >= 0.6 is 0 Å². The molecule has 0 saturated carbocycles. The van der Waals surface area contributed by atoms with Crippen LogP contribution in [-0.2, 0) is 16.4 Å². The van der Waals surface area contributed by atoms with Crippen LogP contribution in [0, 0.1) is 12.7 Å². The molecule has 30 heavy (non-hydrogen) atoms. The molecule has 164 valence electrons. The maximum absolute atomic E-state index is 13.4. The van der Waals surface area contributed by atoms with Gasteiger partial charge in [0.25, 0.3) is 0 Å². The van der Waals surface area contributed by atoms with Gasteiger partial charge in [0.15, 0.2) is 0 Å². The lowest BCUT2D eigenvalue weighted by Crippen LogP contribution is -2.49. The molecule has 1 aromatic heterocycles. The molecule has 0 spiro atoms. The number of anilines is 1. The molecule has 0 atom stereocenters. The summed E-state index contributed by atoms with van der Waals surface area (Å²) >= 11 is 0. The molecular weight excluding hydrogens is 403 g/mol. The third kappa shape index (κ3) is 5.16.